The van der Waals surface area contributed by atoms with E-state index >= 15 is 0 Å². The summed E-state index contributed by atoms with van der Waals surface area (Å²) >= 11 is 1.51. The standard InChI is InChI=1S/C8H12N2O2S.ClH/c9-3-8(12)10-4-7(11)6-1-2-13-5-6;/h1-2,5,7,11H,3-4,9H2,(H,10,12);1H. The van der Waals surface area contributed by atoms with Crippen LogP contribution < -0.4 is 11.1 Å². The Kier molecular flexibility index (Phi) is 6.48. The summed E-state index contributed by atoms with van der Waals surface area (Å²) in [5, 5.41) is 15.7. The van der Waals surface area contributed by atoms with Gasteiger partial charge in [0.1, 0.15) is 0 Å². The van der Waals surface area contributed by atoms with Crippen molar-refractivity contribution in [2.45, 2.75) is 6.10 Å². The number of carbonyl (C=O) groups excluding carboxylic acids is 1. The molecule has 0 fully saturated rings. The Labute approximate surface area is 92.5 Å². The summed E-state index contributed by atoms with van der Waals surface area (Å²) in [4.78, 5) is 10.7. The Morgan fingerprint density at radius 2 is 2.43 bits per heavy atom. The highest BCUT2D eigenvalue weighted by Gasteiger charge is 2.08. The highest BCUT2D eigenvalue weighted by molar-refractivity contribution is 7.07. The first-order valence-corrected chi connectivity index (χ1v) is 4.85. The lowest BCUT2D eigenvalue weighted by molar-refractivity contribution is -0.120. The highest BCUT2D eigenvalue weighted by atomic mass is 35.5. The summed E-state index contributed by atoms with van der Waals surface area (Å²) in [6.07, 6.45) is -0.637. The molecule has 0 aliphatic rings. The zero-order chi connectivity index (χ0) is 9.68. The van der Waals surface area contributed by atoms with Gasteiger partial charge in [-0.25, -0.2) is 0 Å². The third-order valence-corrected chi connectivity index (χ3v) is 2.31. The fourth-order valence-electron chi connectivity index (χ4n) is 0.865. The van der Waals surface area contributed by atoms with Gasteiger partial charge >= 0.3 is 0 Å². The molecule has 1 aromatic rings. The zero-order valence-electron chi connectivity index (χ0n) is 7.47. The molecule has 14 heavy (non-hydrogen) atoms. The SMILES string of the molecule is Cl.NCC(=O)NCC(O)c1ccsc1. The van der Waals surface area contributed by atoms with Crippen LogP contribution >= 0.6 is 23.7 Å². The Bertz CT molecular complexity index is 266. The number of carbonyl (C=O) groups is 1. The average Bonchev–Trinajstić information content (AvgIpc) is 2.66. The summed E-state index contributed by atoms with van der Waals surface area (Å²) in [5.41, 5.74) is 5.91. The average molecular weight is 237 g/mol. The number of aliphatic hydroxyl groups excluding tert-OH is 1. The summed E-state index contributed by atoms with van der Waals surface area (Å²) in [6.45, 7) is 0.170. The molecule has 0 saturated carbocycles. The van der Waals surface area contributed by atoms with Crippen molar-refractivity contribution in [3.63, 3.8) is 0 Å². The number of amides is 1. The molecule has 0 radical (unpaired) electrons. The van der Waals surface area contributed by atoms with Crippen LogP contribution in [-0.2, 0) is 4.79 Å². The van der Waals surface area contributed by atoms with Crippen LogP contribution in [0.4, 0.5) is 0 Å². The number of nitrogens with two attached hydrogens (primary N) is 1. The van der Waals surface area contributed by atoms with Crippen LogP contribution in [0.2, 0.25) is 0 Å². The molecule has 1 amide bonds. The molecule has 1 heterocycles. The monoisotopic (exact) mass is 236 g/mol. The van der Waals surface area contributed by atoms with Gasteiger partial charge in [-0.15, -0.1) is 12.4 Å². The third-order valence-electron chi connectivity index (χ3n) is 1.61. The molecule has 1 aromatic heterocycles. The van der Waals surface area contributed by atoms with Crippen LogP contribution in [0.5, 0.6) is 0 Å². The first-order valence-electron chi connectivity index (χ1n) is 3.91. The molecule has 0 saturated heterocycles. The maximum atomic E-state index is 10.7. The maximum Gasteiger partial charge on any atom is 0.233 e. The van der Waals surface area contributed by atoms with E-state index in [1.807, 2.05) is 16.8 Å². The largest absolute Gasteiger partial charge is 0.387 e. The second kappa shape index (κ2) is 6.78. The number of aliphatic hydroxyl groups is 1. The number of rotatable bonds is 4. The van der Waals surface area contributed by atoms with Crippen LogP contribution in [0.25, 0.3) is 0 Å². The number of nitrogens with one attached hydrogen (secondary N) is 1. The van der Waals surface area contributed by atoms with Crippen LogP contribution in [-0.4, -0.2) is 24.1 Å². The predicted molar refractivity (Wildman–Crippen MR) is 58.6 cm³/mol. The Balaban J connectivity index is 0.00000169. The van der Waals surface area contributed by atoms with Crippen LogP contribution in [0.1, 0.15) is 11.7 Å². The molecule has 4 N–H and O–H groups in total. The van der Waals surface area contributed by atoms with Crippen molar-refractivity contribution in [3.05, 3.63) is 22.4 Å². The summed E-state index contributed by atoms with van der Waals surface area (Å²) < 4.78 is 0. The summed E-state index contributed by atoms with van der Waals surface area (Å²) in [5.74, 6) is -0.255. The maximum absolute atomic E-state index is 10.7. The van der Waals surface area contributed by atoms with Gasteiger partial charge in [-0.1, -0.05) is 0 Å². The van der Waals surface area contributed by atoms with E-state index in [-0.39, 0.29) is 31.4 Å². The minimum Gasteiger partial charge on any atom is -0.387 e. The van der Waals surface area contributed by atoms with E-state index < -0.39 is 6.10 Å². The van der Waals surface area contributed by atoms with Crippen LogP contribution in [0.15, 0.2) is 16.8 Å². The van der Waals surface area contributed by atoms with Crippen LogP contribution in [0.3, 0.4) is 0 Å². The normalized spacial score (nSPS) is 11.6. The lowest BCUT2D eigenvalue weighted by atomic mass is 10.2. The Hall–Kier alpha value is -0.620. The number of halogens is 1. The molecule has 1 unspecified atom stereocenters. The van der Waals surface area contributed by atoms with E-state index in [0.717, 1.165) is 5.56 Å². The van der Waals surface area contributed by atoms with E-state index in [1.165, 1.54) is 11.3 Å². The quantitative estimate of drug-likeness (QED) is 0.703. The number of hydrogen-bond acceptors (Lipinski definition) is 4. The molecule has 0 spiro atoms. The second-order valence-electron chi connectivity index (χ2n) is 2.58. The van der Waals surface area contributed by atoms with Crippen molar-refractivity contribution >= 4 is 29.7 Å². The van der Waals surface area contributed by atoms with E-state index in [2.05, 4.69) is 5.32 Å². The smallest absolute Gasteiger partial charge is 0.233 e. The minimum absolute atomic E-state index is 0. The number of hydrogen-bond donors (Lipinski definition) is 3. The van der Waals surface area contributed by atoms with Gasteiger partial charge < -0.3 is 16.2 Å². The van der Waals surface area contributed by atoms with Crippen molar-refractivity contribution in [3.8, 4) is 0 Å². The molecule has 1 atom stereocenters. The van der Waals surface area contributed by atoms with Crippen molar-refractivity contribution in [2.24, 2.45) is 5.73 Å². The van der Waals surface area contributed by atoms with Crippen molar-refractivity contribution in [2.75, 3.05) is 13.1 Å². The van der Waals surface area contributed by atoms with Gasteiger partial charge in [-0.3, -0.25) is 4.79 Å². The predicted octanol–water partition coefficient (Wildman–Crippen LogP) is 0.278. The second-order valence-corrected chi connectivity index (χ2v) is 3.36. The number of thiophene rings is 1. The summed E-state index contributed by atoms with van der Waals surface area (Å²) in [7, 11) is 0. The third kappa shape index (κ3) is 4.06. The first-order chi connectivity index (χ1) is 6.24. The fourth-order valence-corrected chi connectivity index (χ4v) is 1.57. The molecule has 0 aliphatic heterocycles. The Morgan fingerprint density at radius 1 is 1.71 bits per heavy atom. The van der Waals surface area contributed by atoms with E-state index in [9.17, 15) is 9.90 Å². The molecule has 0 bridgehead atoms. The van der Waals surface area contributed by atoms with Gasteiger partial charge in [0, 0.05) is 6.54 Å². The van der Waals surface area contributed by atoms with Gasteiger partial charge in [0.25, 0.3) is 0 Å². The van der Waals surface area contributed by atoms with Crippen molar-refractivity contribution in [1.29, 1.82) is 0 Å². The van der Waals surface area contributed by atoms with Gasteiger partial charge in [-0.2, -0.15) is 11.3 Å². The molecule has 4 nitrogen and oxygen atoms in total. The molecule has 1 rings (SSSR count). The first kappa shape index (κ1) is 13.4. The minimum atomic E-state index is -0.637. The van der Waals surface area contributed by atoms with Gasteiger partial charge in [0.15, 0.2) is 0 Å². The molecular formula is C8H13ClN2O2S. The highest BCUT2D eigenvalue weighted by Crippen LogP contribution is 2.14. The molecule has 80 valence electrons. The molecular weight excluding hydrogens is 224 g/mol. The van der Waals surface area contributed by atoms with Crippen LogP contribution in [0, 0.1) is 0 Å². The molecule has 0 aromatic carbocycles. The zero-order valence-corrected chi connectivity index (χ0v) is 9.11. The lowest BCUT2D eigenvalue weighted by Crippen LogP contribution is -2.33. The van der Waals surface area contributed by atoms with E-state index in [1.54, 1.807) is 0 Å². The van der Waals surface area contributed by atoms with E-state index in [0.29, 0.717) is 0 Å². The lowest BCUT2D eigenvalue weighted by Gasteiger charge is -2.09. The summed E-state index contributed by atoms with van der Waals surface area (Å²) in [6, 6.07) is 1.82. The van der Waals surface area contributed by atoms with Gasteiger partial charge in [0.2, 0.25) is 5.91 Å². The van der Waals surface area contributed by atoms with E-state index in [4.69, 9.17) is 5.73 Å². The molecule has 0 aliphatic carbocycles. The van der Waals surface area contributed by atoms with Crippen molar-refractivity contribution in [1.82, 2.24) is 5.32 Å². The van der Waals surface area contributed by atoms with Gasteiger partial charge in [0.05, 0.1) is 12.6 Å². The topological polar surface area (TPSA) is 75.4 Å². The van der Waals surface area contributed by atoms with Gasteiger partial charge in [-0.05, 0) is 22.4 Å². The van der Waals surface area contributed by atoms with Crippen molar-refractivity contribution < 1.29 is 9.90 Å². The Morgan fingerprint density at radius 3 is 2.93 bits per heavy atom. The molecule has 6 heteroatoms. The fraction of sp³-hybridized carbons (Fsp3) is 0.375.